The molecule has 0 aliphatic carbocycles. The van der Waals surface area contributed by atoms with Gasteiger partial charge >= 0.3 is 0 Å². The number of piperidine rings is 1. The summed E-state index contributed by atoms with van der Waals surface area (Å²) in [6.45, 7) is 2.13. The number of amides is 1. The fraction of sp³-hybridized carbons (Fsp3) is 0.455. The molecule has 0 radical (unpaired) electrons. The molecule has 1 N–H and O–H groups in total. The second-order valence-corrected chi connectivity index (χ2v) is 8.91. The van der Waals surface area contributed by atoms with Crippen LogP contribution in [0.4, 0.5) is 16.0 Å². The number of hydrogen-bond acceptors (Lipinski definition) is 5. The van der Waals surface area contributed by atoms with Crippen molar-refractivity contribution in [1.82, 2.24) is 14.3 Å². The lowest BCUT2D eigenvalue weighted by atomic mass is 9.94. The van der Waals surface area contributed by atoms with Crippen molar-refractivity contribution in [3.8, 4) is 0 Å². The molecule has 0 unspecified atom stereocenters. The monoisotopic (exact) mass is 428 g/mol. The van der Waals surface area contributed by atoms with Gasteiger partial charge in [0, 0.05) is 42.9 Å². The molecule has 30 heavy (non-hydrogen) atoms. The third-order valence-electron chi connectivity index (χ3n) is 5.94. The maximum atomic E-state index is 13.6. The molecule has 2 aliphatic heterocycles. The summed E-state index contributed by atoms with van der Waals surface area (Å²) < 4.78 is 21.3. The second kappa shape index (κ2) is 8.35. The molecule has 0 saturated carbocycles. The highest BCUT2D eigenvalue weighted by atomic mass is 32.1. The first kappa shape index (κ1) is 19.5. The number of nitrogens with one attached hydrogen (secondary N) is 1. The number of benzene rings is 1. The Morgan fingerprint density at radius 1 is 1.27 bits per heavy atom. The van der Waals surface area contributed by atoms with Gasteiger partial charge in [0.25, 0.3) is 5.91 Å². The van der Waals surface area contributed by atoms with Gasteiger partial charge in [0.15, 0.2) is 0 Å². The fourth-order valence-corrected chi connectivity index (χ4v) is 5.34. The Morgan fingerprint density at radius 3 is 3.03 bits per heavy atom. The van der Waals surface area contributed by atoms with Gasteiger partial charge in [0.05, 0.1) is 5.69 Å². The number of ether oxygens (including phenoxy) is 1. The molecule has 2 fully saturated rings. The van der Waals surface area contributed by atoms with Crippen molar-refractivity contribution in [1.29, 1.82) is 0 Å². The van der Waals surface area contributed by atoms with Crippen molar-refractivity contribution < 1.29 is 13.9 Å². The normalized spacial score (nSPS) is 22.4. The highest BCUT2D eigenvalue weighted by molar-refractivity contribution is 7.15. The van der Waals surface area contributed by atoms with Crippen molar-refractivity contribution in [3.05, 3.63) is 47.4 Å². The van der Waals surface area contributed by atoms with Crippen molar-refractivity contribution in [2.75, 3.05) is 25.0 Å². The van der Waals surface area contributed by atoms with E-state index < -0.39 is 0 Å². The fourth-order valence-electron chi connectivity index (χ4n) is 4.44. The summed E-state index contributed by atoms with van der Waals surface area (Å²) in [6.07, 6.45) is 6.56. The van der Waals surface area contributed by atoms with Crippen LogP contribution in [-0.4, -0.2) is 46.0 Å². The number of fused-ring (bicyclic) bond motifs is 1. The van der Waals surface area contributed by atoms with Crippen LogP contribution in [0.1, 0.15) is 43.7 Å². The molecule has 3 aromatic rings. The van der Waals surface area contributed by atoms with E-state index in [0.29, 0.717) is 24.8 Å². The van der Waals surface area contributed by atoms with Gasteiger partial charge in [-0.3, -0.25) is 9.20 Å². The molecule has 4 heterocycles. The standard InChI is InChI=1S/C22H25FN4O2S/c23-16-6-3-7-17(13-16)24-22-25-19(21-27(22)10-12-30-21)15-5-4-9-26(14-15)20(28)18-8-1-2-11-29-18/h3,6-7,10,12-13,15,18H,1-2,4-5,8-9,11,14H2,(H,24,25)/t15-,18+/m0/s1. The van der Waals surface area contributed by atoms with Gasteiger partial charge in [0.2, 0.25) is 5.95 Å². The largest absolute Gasteiger partial charge is 0.368 e. The maximum absolute atomic E-state index is 13.6. The SMILES string of the molecule is O=C([C@H]1CCCCO1)N1CCC[C@H](c2nc(Nc3cccc(F)c3)n3ccsc23)C1. The Kier molecular flexibility index (Phi) is 5.43. The molecule has 1 amide bonds. The van der Waals surface area contributed by atoms with Crippen molar-refractivity contribution in [3.63, 3.8) is 0 Å². The molecular weight excluding hydrogens is 403 g/mol. The first-order chi connectivity index (χ1) is 14.7. The Labute approximate surface area is 178 Å². The lowest BCUT2D eigenvalue weighted by molar-refractivity contribution is -0.147. The third-order valence-corrected chi connectivity index (χ3v) is 6.82. The maximum Gasteiger partial charge on any atom is 0.251 e. The predicted molar refractivity (Wildman–Crippen MR) is 115 cm³/mol. The van der Waals surface area contributed by atoms with Gasteiger partial charge in [-0.15, -0.1) is 11.3 Å². The van der Waals surface area contributed by atoms with Crippen molar-refractivity contribution in [2.45, 2.75) is 44.1 Å². The molecule has 2 atom stereocenters. The van der Waals surface area contributed by atoms with Crippen LogP contribution >= 0.6 is 11.3 Å². The van der Waals surface area contributed by atoms with Gasteiger partial charge < -0.3 is 15.0 Å². The first-order valence-corrected chi connectivity index (χ1v) is 11.5. The minimum Gasteiger partial charge on any atom is -0.368 e. The van der Waals surface area contributed by atoms with Crippen LogP contribution in [0.3, 0.4) is 0 Å². The number of imidazole rings is 1. The zero-order valence-corrected chi connectivity index (χ0v) is 17.5. The van der Waals surface area contributed by atoms with Crippen LogP contribution in [0.5, 0.6) is 0 Å². The lowest BCUT2D eigenvalue weighted by Gasteiger charge is -2.35. The minimum atomic E-state index is -0.287. The summed E-state index contributed by atoms with van der Waals surface area (Å²) in [5, 5.41) is 5.26. The Balaban J connectivity index is 1.37. The lowest BCUT2D eigenvalue weighted by Crippen LogP contribution is -2.46. The smallest absolute Gasteiger partial charge is 0.251 e. The molecule has 0 spiro atoms. The van der Waals surface area contributed by atoms with Crippen LogP contribution in [0, 0.1) is 5.82 Å². The van der Waals surface area contributed by atoms with Gasteiger partial charge in [0.1, 0.15) is 16.8 Å². The second-order valence-electron chi connectivity index (χ2n) is 8.01. The molecule has 158 valence electrons. The summed E-state index contributed by atoms with van der Waals surface area (Å²) in [5.41, 5.74) is 1.67. The third kappa shape index (κ3) is 3.81. The molecule has 1 aromatic carbocycles. The molecule has 2 aliphatic rings. The van der Waals surface area contributed by atoms with Crippen LogP contribution < -0.4 is 5.32 Å². The topological polar surface area (TPSA) is 58.9 Å². The van der Waals surface area contributed by atoms with Gasteiger partial charge in [-0.2, -0.15) is 0 Å². The number of carbonyl (C=O) groups excluding carboxylic acids is 1. The van der Waals surface area contributed by atoms with Crippen molar-refractivity contribution >= 4 is 33.7 Å². The summed E-state index contributed by atoms with van der Waals surface area (Å²) in [7, 11) is 0. The van der Waals surface area contributed by atoms with Crippen LogP contribution in [0.2, 0.25) is 0 Å². The van der Waals surface area contributed by atoms with Gasteiger partial charge in [-0.05, 0) is 50.3 Å². The highest BCUT2D eigenvalue weighted by Gasteiger charge is 2.33. The summed E-state index contributed by atoms with van der Waals surface area (Å²) in [5.74, 6) is 0.692. The van der Waals surface area contributed by atoms with Crippen LogP contribution in [0.25, 0.3) is 4.83 Å². The van der Waals surface area contributed by atoms with E-state index in [9.17, 15) is 9.18 Å². The van der Waals surface area contributed by atoms with Gasteiger partial charge in [-0.1, -0.05) is 6.07 Å². The van der Waals surface area contributed by atoms with E-state index in [1.165, 1.54) is 12.1 Å². The number of carbonyl (C=O) groups is 1. The number of likely N-dealkylation sites (tertiary alicyclic amines) is 1. The van der Waals surface area contributed by atoms with E-state index in [4.69, 9.17) is 9.72 Å². The molecule has 5 rings (SSSR count). The average molecular weight is 429 g/mol. The number of anilines is 2. The van der Waals surface area contributed by atoms with E-state index in [2.05, 4.69) is 5.32 Å². The molecule has 2 aromatic heterocycles. The Morgan fingerprint density at radius 2 is 2.20 bits per heavy atom. The summed E-state index contributed by atoms with van der Waals surface area (Å²) in [6, 6.07) is 6.38. The van der Waals surface area contributed by atoms with Gasteiger partial charge in [-0.25, -0.2) is 9.37 Å². The Bertz CT molecular complexity index is 1040. The van der Waals surface area contributed by atoms with E-state index in [0.717, 1.165) is 49.2 Å². The molecule has 8 heteroatoms. The molecule has 0 bridgehead atoms. The van der Waals surface area contributed by atoms with Crippen LogP contribution in [0.15, 0.2) is 35.8 Å². The number of rotatable bonds is 4. The zero-order valence-electron chi connectivity index (χ0n) is 16.7. The number of hydrogen-bond donors (Lipinski definition) is 1. The molecule has 2 saturated heterocycles. The quantitative estimate of drug-likeness (QED) is 0.662. The molecule has 6 nitrogen and oxygen atoms in total. The van der Waals surface area contributed by atoms with E-state index >= 15 is 0 Å². The minimum absolute atomic E-state index is 0.124. The highest BCUT2D eigenvalue weighted by Crippen LogP contribution is 2.34. The average Bonchev–Trinajstić information content (AvgIpc) is 3.38. The van der Waals surface area contributed by atoms with Crippen LogP contribution in [-0.2, 0) is 9.53 Å². The zero-order chi connectivity index (χ0) is 20.5. The number of nitrogens with zero attached hydrogens (tertiary/aromatic N) is 3. The Hall–Kier alpha value is -2.45. The van der Waals surface area contributed by atoms with Crippen molar-refractivity contribution in [2.24, 2.45) is 0 Å². The number of aromatic nitrogens is 2. The number of halogens is 1. The predicted octanol–water partition coefficient (Wildman–Crippen LogP) is 4.55. The summed E-state index contributed by atoms with van der Waals surface area (Å²) >= 11 is 1.64. The first-order valence-electron chi connectivity index (χ1n) is 10.6. The van der Waals surface area contributed by atoms with E-state index in [1.807, 2.05) is 26.9 Å². The number of thiazole rings is 1. The molecular formula is C22H25FN4O2S. The van der Waals surface area contributed by atoms with E-state index in [-0.39, 0.29) is 23.7 Å². The summed E-state index contributed by atoms with van der Waals surface area (Å²) in [4.78, 5) is 20.9. The van der Waals surface area contributed by atoms with E-state index in [1.54, 1.807) is 17.4 Å².